The molecule has 0 fully saturated rings. The predicted octanol–water partition coefficient (Wildman–Crippen LogP) is 4.26. The molecule has 3 heterocycles. The number of halogens is 1. The number of hydrogen-bond donors (Lipinski definition) is 1. The second-order valence-electron chi connectivity index (χ2n) is 7.17. The molecule has 0 bridgehead atoms. The summed E-state index contributed by atoms with van der Waals surface area (Å²) in [4.78, 5) is 28.5. The Kier molecular flexibility index (Phi) is 5.55. The summed E-state index contributed by atoms with van der Waals surface area (Å²) in [6.07, 6.45) is 4.89. The minimum absolute atomic E-state index is 0.0716. The average Bonchev–Trinajstić information content (AvgIpc) is 3.05. The van der Waals surface area contributed by atoms with Crippen LogP contribution in [0.15, 0.2) is 36.5 Å². The fourth-order valence-corrected chi connectivity index (χ4v) is 3.90. The molecule has 7 nitrogen and oxygen atoms in total. The van der Waals surface area contributed by atoms with E-state index in [9.17, 15) is 9.59 Å². The Hall–Kier alpha value is -3.19. The second kappa shape index (κ2) is 8.28. The van der Waals surface area contributed by atoms with Crippen molar-refractivity contribution in [1.82, 2.24) is 14.8 Å². The number of carbonyl (C=O) groups excluding carboxylic acids is 1. The number of nitrogens with zero attached hydrogens (tertiary/aromatic N) is 3. The Balaban J connectivity index is 1.86. The number of aromatic nitrogens is 3. The van der Waals surface area contributed by atoms with E-state index in [1.54, 1.807) is 18.2 Å². The number of rotatable bonds is 4. The Morgan fingerprint density at radius 3 is 2.70 bits per heavy atom. The Morgan fingerprint density at radius 2 is 2.00 bits per heavy atom. The van der Waals surface area contributed by atoms with Crippen molar-refractivity contribution in [1.29, 1.82) is 0 Å². The van der Waals surface area contributed by atoms with Gasteiger partial charge in [0.2, 0.25) is 11.7 Å². The van der Waals surface area contributed by atoms with Gasteiger partial charge in [0.1, 0.15) is 11.4 Å². The number of aromatic carboxylic acids is 1. The summed E-state index contributed by atoms with van der Waals surface area (Å²) in [6, 6.07) is 8.32. The minimum atomic E-state index is -1.11. The van der Waals surface area contributed by atoms with Crippen LogP contribution >= 0.6 is 11.6 Å². The first-order valence-electron chi connectivity index (χ1n) is 9.71. The van der Waals surface area contributed by atoms with Gasteiger partial charge in [-0.1, -0.05) is 23.7 Å². The third-order valence-electron chi connectivity index (χ3n) is 5.12. The van der Waals surface area contributed by atoms with Crippen molar-refractivity contribution in [3.8, 4) is 11.6 Å². The van der Waals surface area contributed by atoms with Gasteiger partial charge in [-0.3, -0.25) is 4.79 Å². The van der Waals surface area contributed by atoms with E-state index in [-0.39, 0.29) is 11.5 Å². The SMILES string of the molecule is Cc1cccc(Cl)c1C(=O)c1nn(-c2ccc(C(=O)O)nc2)c2c1CCCCCO2. The topological polar surface area (TPSA) is 94.3 Å². The van der Waals surface area contributed by atoms with Crippen molar-refractivity contribution >= 4 is 23.4 Å². The van der Waals surface area contributed by atoms with Gasteiger partial charge in [-0.2, -0.15) is 9.78 Å². The van der Waals surface area contributed by atoms with E-state index < -0.39 is 5.97 Å². The van der Waals surface area contributed by atoms with Crippen LogP contribution < -0.4 is 4.74 Å². The van der Waals surface area contributed by atoms with Gasteiger partial charge in [-0.25, -0.2) is 9.78 Å². The molecule has 1 N–H and O–H groups in total. The van der Waals surface area contributed by atoms with Crippen LogP contribution in [0, 0.1) is 6.92 Å². The third-order valence-corrected chi connectivity index (χ3v) is 5.44. The highest BCUT2D eigenvalue weighted by molar-refractivity contribution is 6.35. The van der Waals surface area contributed by atoms with Crippen LogP contribution in [0.3, 0.4) is 0 Å². The van der Waals surface area contributed by atoms with E-state index in [1.165, 1.54) is 16.9 Å². The molecule has 154 valence electrons. The van der Waals surface area contributed by atoms with Gasteiger partial charge in [0.15, 0.2) is 0 Å². The van der Waals surface area contributed by atoms with Gasteiger partial charge in [-0.15, -0.1) is 0 Å². The molecule has 1 aliphatic heterocycles. The molecule has 0 aliphatic carbocycles. The number of pyridine rings is 1. The molecule has 0 unspecified atom stereocenters. The van der Waals surface area contributed by atoms with Crippen molar-refractivity contribution in [3.63, 3.8) is 0 Å². The quantitative estimate of drug-likeness (QED) is 0.627. The molecule has 30 heavy (non-hydrogen) atoms. The number of ether oxygens (including phenoxy) is 1. The molecule has 0 radical (unpaired) electrons. The van der Waals surface area contributed by atoms with E-state index in [0.717, 1.165) is 30.4 Å². The molecule has 0 amide bonds. The van der Waals surface area contributed by atoms with E-state index >= 15 is 0 Å². The Bertz CT molecular complexity index is 1100. The summed E-state index contributed by atoms with van der Waals surface area (Å²) in [5.74, 6) is -0.876. The van der Waals surface area contributed by atoms with Crippen LogP contribution in [-0.4, -0.2) is 38.2 Å². The summed E-state index contributed by atoms with van der Waals surface area (Å²) in [7, 11) is 0. The molecule has 0 atom stereocenters. The fourth-order valence-electron chi connectivity index (χ4n) is 3.59. The molecule has 8 heteroatoms. The molecular formula is C22H20ClN3O4. The lowest BCUT2D eigenvalue weighted by atomic mass is 9.98. The zero-order valence-electron chi connectivity index (χ0n) is 16.4. The highest BCUT2D eigenvalue weighted by atomic mass is 35.5. The predicted molar refractivity (Wildman–Crippen MR) is 111 cm³/mol. The molecule has 2 aromatic heterocycles. The summed E-state index contributed by atoms with van der Waals surface area (Å²) in [5.41, 5.74) is 2.68. The van der Waals surface area contributed by atoms with Gasteiger partial charge < -0.3 is 9.84 Å². The van der Waals surface area contributed by atoms with Crippen LogP contribution in [0.4, 0.5) is 0 Å². The monoisotopic (exact) mass is 425 g/mol. The van der Waals surface area contributed by atoms with Gasteiger partial charge in [-0.05, 0) is 56.4 Å². The Labute approximate surface area is 178 Å². The van der Waals surface area contributed by atoms with E-state index in [0.29, 0.717) is 40.9 Å². The standard InChI is InChI=1S/C22H20ClN3O4/c1-13-6-5-8-16(23)18(13)20(27)19-15-7-3-2-4-11-30-21(15)26(25-19)14-9-10-17(22(28)29)24-12-14/h5-6,8-10,12H,2-4,7,11H2,1H3,(H,28,29). The Morgan fingerprint density at radius 1 is 1.17 bits per heavy atom. The largest absolute Gasteiger partial charge is 0.477 e. The molecule has 4 rings (SSSR count). The van der Waals surface area contributed by atoms with Gasteiger partial charge in [0, 0.05) is 11.1 Å². The van der Waals surface area contributed by atoms with E-state index in [2.05, 4.69) is 10.1 Å². The molecule has 0 spiro atoms. The first kappa shape index (κ1) is 20.1. The third kappa shape index (κ3) is 3.68. The maximum absolute atomic E-state index is 13.4. The van der Waals surface area contributed by atoms with Crippen molar-refractivity contribution in [2.24, 2.45) is 0 Å². The first-order valence-corrected chi connectivity index (χ1v) is 10.1. The number of hydrogen-bond acceptors (Lipinski definition) is 5. The zero-order chi connectivity index (χ0) is 21.3. The van der Waals surface area contributed by atoms with Gasteiger partial charge in [0.25, 0.3) is 0 Å². The maximum atomic E-state index is 13.4. The van der Waals surface area contributed by atoms with Crippen molar-refractivity contribution in [3.05, 3.63) is 69.6 Å². The molecule has 1 aromatic carbocycles. The lowest BCUT2D eigenvalue weighted by molar-refractivity contribution is 0.0690. The summed E-state index contributed by atoms with van der Waals surface area (Å²) < 4.78 is 7.52. The zero-order valence-corrected chi connectivity index (χ0v) is 17.1. The van der Waals surface area contributed by atoms with Gasteiger partial charge in [0.05, 0.1) is 23.5 Å². The first-order chi connectivity index (χ1) is 14.5. The molecule has 3 aromatic rings. The number of aryl methyl sites for hydroxylation is 1. The molecular weight excluding hydrogens is 406 g/mol. The number of carboxylic acids is 1. The lowest BCUT2D eigenvalue weighted by Gasteiger charge is -2.14. The average molecular weight is 426 g/mol. The second-order valence-corrected chi connectivity index (χ2v) is 7.58. The van der Waals surface area contributed by atoms with Crippen molar-refractivity contribution in [2.75, 3.05) is 6.61 Å². The number of ketones is 1. The van der Waals surface area contributed by atoms with Crippen LogP contribution in [-0.2, 0) is 6.42 Å². The van der Waals surface area contributed by atoms with Crippen molar-refractivity contribution in [2.45, 2.75) is 32.6 Å². The number of carbonyl (C=O) groups is 2. The normalized spacial score (nSPS) is 13.7. The van der Waals surface area contributed by atoms with Crippen molar-refractivity contribution < 1.29 is 19.4 Å². The molecule has 0 saturated heterocycles. The molecule has 0 saturated carbocycles. The summed E-state index contributed by atoms with van der Waals surface area (Å²) in [6.45, 7) is 2.35. The minimum Gasteiger partial charge on any atom is -0.477 e. The highest BCUT2D eigenvalue weighted by Gasteiger charge is 2.28. The summed E-state index contributed by atoms with van der Waals surface area (Å²) >= 11 is 6.33. The van der Waals surface area contributed by atoms with E-state index in [4.69, 9.17) is 21.4 Å². The number of fused-ring (bicyclic) bond motifs is 1. The lowest BCUT2D eigenvalue weighted by Crippen LogP contribution is -2.10. The summed E-state index contributed by atoms with van der Waals surface area (Å²) in [5, 5.41) is 14.0. The fraction of sp³-hybridized carbons (Fsp3) is 0.273. The van der Waals surface area contributed by atoms with Crippen LogP contribution in [0.1, 0.15) is 56.9 Å². The number of carboxylic acid groups (broad SMARTS) is 1. The van der Waals surface area contributed by atoms with Crippen LogP contribution in [0.5, 0.6) is 5.88 Å². The number of benzene rings is 1. The smallest absolute Gasteiger partial charge is 0.354 e. The van der Waals surface area contributed by atoms with E-state index in [1.807, 2.05) is 13.0 Å². The molecule has 1 aliphatic rings. The van der Waals surface area contributed by atoms with Crippen LogP contribution in [0.2, 0.25) is 5.02 Å². The van der Waals surface area contributed by atoms with Crippen LogP contribution in [0.25, 0.3) is 5.69 Å². The maximum Gasteiger partial charge on any atom is 0.354 e. The highest BCUT2D eigenvalue weighted by Crippen LogP contribution is 2.33. The van der Waals surface area contributed by atoms with Gasteiger partial charge >= 0.3 is 5.97 Å².